The summed E-state index contributed by atoms with van der Waals surface area (Å²) >= 11 is 1.49. The smallest absolute Gasteiger partial charge is 0.346 e. The van der Waals surface area contributed by atoms with Crippen molar-refractivity contribution >= 4 is 47.3 Å². The molecule has 1 aromatic carbocycles. The second-order valence-corrected chi connectivity index (χ2v) is 15.7. The van der Waals surface area contributed by atoms with Gasteiger partial charge in [-0.1, -0.05) is 47.9 Å². The molecule has 2 saturated heterocycles. The molecule has 310 valence electrons. The highest BCUT2D eigenvalue weighted by molar-refractivity contribution is 8.01. The number of carbonyl (C=O) groups excluding carboxylic acids is 2. The molecule has 0 aromatic heterocycles. The fourth-order valence-electron chi connectivity index (χ4n) is 6.07. The molecular weight excluding hydrogens is 781 g/mol. The Morgan fingerprint density at radius 3 is 1.32 bits per heavy atom. The first kappa shape index (κ1) is 46.9. The lowest BCUT2D eigenvalue weighted by Gasteiger charge is -2.46. The maximum absolute atomic E-state index is 12.3. The van der Waals surface area contributed by atoms with E-state index in [4.69, 9.17) is 9.47 Å². The van der Waals surface area contributed by atoms with Gasteiger partial charge >= 0.3 is 11.9 Å². The van der Waals surface area contributed by atoms with Crippen LogP contribution in [0.1, 0.15) is 37.8 Å². The number of thioether (sulfide) groups is 2. The van der Waals surface area contributed by atoms with E-state index in [1.165, 1.54) is 0 Å². The minimum Gasteiger partial charge on any atom is -0.478 e. The molecule has 18 nitrogen and oxygen atoms in total. The molecule has 12 N–H and O–H groups in total. The fourth-order valence-corrected chi connectivity index (χ4v) is 8.06. The summed E-state index contributed by atoms with van der Waals surface area (Å²) in [5.74, 6) is 7.30. The molecule has 0 spiro atoms. The Balaban J connectivity index is 1.59. The molecule has 56 heavy (non-hydrogen) atoms. The lowest BCUT2D eigenvalue weighted by atomic mass is 9.90. The molecule has 0 bridgehead atoms. The summed E-state index contributed by atoms with van der Waals surface area (Å²) in [6, 6.07) is 4.70. The minimum absolute atomic E-state index is 0.0597. The van der Waals surface area contributed by atoms with Gasteiger partial charge in [0.2, 0.25) is 21.7 Å². The van der Waals surface area contributed by atoms with E-state index in [0.29, 0.717) is 0 Å². The van der Waals surface area contributed by atoms with Crippen LogP contribution in [0, 0.1) is 23.7 Å². The summed E-state index contributed by atoms with van der Waals surface area (Å²) in [7, 11) is 0. The number of nitrogens with one attached hydrogen (secondary N) is 2. The van der Waals surface area contributed by atoms with Crippen molar-refractivity contribution in [3.05, 3.63) is 35.4 Å². The molecule has 1 aromatic rings. The maximum atomic E-state index is 12.3. The van der Waals surface area contributed by atoms with Crippen LogP contribution in [0.2, 0.25) is 0 Å². The molecule has 2 aliphatic rings. The van der Waals surface area contributed by atoms with Gasteiger partial charge < -0.3 is 71.2 Å². The highest BCUT2D eigenvalue weighted by atomic mass is 32.2. The molecule has 3 rings (SSSR count). The Hall–Kier alpha value is -3.48. The number of benzene rings is 1. The van der Waals surface area contributed by atoms with Crippen LogP contribution in [-0.2, 0) is 41.5 Å². The van der Waals surface area contributed by atoms with Crippen LogP contribution in [0.3, 0.4) is 0 Å². The predicted molar refractivity (Wildman–Crippen MR) is 199 cm³/mol. The molecule has 20 heteroatoms. The standard InChI is InChI=1S/C36H48N2O16S2/c1-19(41)37-27-23(43)15-35(33(49)50,53-31(27)29(47)25(45)17-39)55-13-5-3-7-21-9-11-22(12-10-21)8-4-6-14-56-36(34(51)52)16-24(44)28(38-20(2)42)32(54-36)30(48)26(46)18-40/h9-12,23-32,39-40,43-48H,7-8,13-18H2,1-2H3,(H,37,41)(H,38,42)(H,49,50)(H,51,52)/t23-,24-,25+,26+,27+,28+,29+,30+,31+,32+,35-,36-/m0/s1. The Labute approximate surface area is 331 Å². The Morgan fingerprint density at radius 2 is 1.04 bits per heavy atom. The van der Waals surface area contributed by atoms with Crippen molar-refractivity contribution in [1.82, 2.24) is 10.6 Å². The largest absolute Gasteiger partial charge is 0.478 e. The Morgan fingerprint density at radius 1 is 0.696 bits per heavy atom. The van der Waals surface area contributed by atoms with Gasteiger partial charge in [-0.25, -0.2) is 9.59 Å². The first-order valence-electron chi connectivity index (χ1n) is 17.3. The number of amides is 2. The third kappa shape index (κ3) is 12.3. The number of rotatable bonds is 16. The van der Waals surface area contributed by atoms with Gasteiger partial charge in [0.05, 0.1) is 49.0 Å². The first-order chi connectivity index (χ1) is 26.4. The van der Waals surface area contributed by atoms with Crippen LogP contribution < -0.4 is 10.6 Å². The molecule has 2 aliphatic heterocycles. The highest BCUT2D eigenvalue weighted by Gasteiger charge is 2.56. The van der Waals surface area contributed by atoms with Crippen molar-refractivity contribution in [3.63, 3.8) is 0 Å². The molecule has 0 unspecified atom stereocenters. The zero-order valence-corrected chi connectivity index (χ0v) is 32.1. The van der Waals surface area contributed by atoms with E-state index in [-0.39, 0.29) is 24.3 Å². The maximum Gasteiger partial charge on any atom is 0.346 e. The van der Waals surface area contributed by atoms with Crippen LogP contribution in [0.5, 0.6) is 0 Å². The van der Waals surface area contributed by atoms with E-state index in [0.717, 1.165) is 48.5 Å². The quantitative estimate of drug-likeness (QED) is 0.0721. The zero-order chi connectivity index (χ0) is 41.8. The van der Waals surface area contributed by atoms with Crippen LogP contribution in [-0.4, -0.2) is 170 Å². The molecular formula is C36H48N2O16S2. The number of aliphatic hydroxyl groups excluding tert-OH is 8. The third-order valence-corrected chi connectivity index (χ3v) is 11.4. The third-order valence-electron chi connectivity index (χ3n) is 8.99. The summed E-state index contributed by atoms with van der Waals surface area (Å²) in [5, 5.41) is 106. The fraction of sp³-hybridized carbons (Fsp3) is 0.611. The summed E-state index contributed by atoms with van der Waals surface area (Å²) in [6.45, 7) is 0.539. The number of aliphatic hydroxyl groups is 8. The van der Waals surface area contributed by atoms with Gasteiger partial charge in [0.25, 0.3) is 0 Å². The van der Waals surface area contributed by atoms with Crippen molar-refractivity contribution in [2.45, 2.75) is 110 Å². The molecule has 2 heterocycles. The van der Waals surface area contributed by atoms with Crippen molar-refractivity contribution in [3.8, 4) is 23.7 Å². The normalized spacial score (nSPS) is 29.5. The average Bonchev–Trinajstić information content (AvgIpc) is 3.15. The van der Waals surface area contributed by atoms with Crippen molar-refractivity contribution < 1.29 is 79.7 Å². The summed E-state index contributed by atoms with van der Waals surface area (Å²) in [6.07, 6.45) is -13.6. The number of hydrogen-bond donors (Lipinski definition) is 12. The van der Waals surface area contributed by atoms with Gasteiger partial charge in [-0.2, -0.15) is 0 Å². The van der Waals surface area contributed by atoms with Crippen molar-refractivity contribution in [2.24, 2.45) is 0 Å². The van der Waals surface area contributed by atoms with Crippen LogP contribution in [0.4, 0.5) is 0 Å². The van der Waals surface area contributed by atoms with Crippen molar-refractivity contribution in [2.75, 3.05) is 24.7 Å². The molecule has 0 saturated carbocycles. The van der Waals surface area contributed by atoms with Crippen LogP contribution >= 0.6 is 23.5 Å². The van der Waals surface area contributed by atoms with E-state index < -0.39 is 121 Å². The summed E-state index contributed by atoms with van der Waals surface area (Å²) in [5.41, 5.74) is 1.65. The molecule has 2 fully saturated rings. The SMILES string of the molecule is CC(=O)N[C@H]1[C@H]([C@H](O)[C@H](O)CO)O[C@@](SCC#CCc2ccc(CC#CCS[C@]3(C(=O)O)C[C@H](O)[C@@H](NC(C)=O)[C@H]([C@H](O)[C@H](O)CO)O3)cc2)(C(=O)O)C[C@@H]1O. The number of ether oxygens (including phenoxy) is 2. The summed E-state index contributed by atoms with van der Waals surface area (Å²) < 4.78 is 11.5. The monoisotopic (exact) mass is 828 g/mol. The molecule has 0 aliphatic carbocycles. The Bertz CT molecular complexity index is 1530. The number of aliphatic carboxylic acids is 2. The highest BCUT2D eigenvalue weighted by Crippen LogP contribution is 2.41. The van der Waals surface area contributed by atoms with Gasteiger partial charge in [-0.05, 0) is 11.1 Å². The molecule has 2 amide bonds. The minimum atomic E-state index is -2.09. The van der Waals surface area contributed by atoms with Gasteiger partial charge in [0.1, 0.15) is 36.6 Å². The van der Waals surface area contributed by atoms with Gasteiger partial charge in [0.15, 0.2) is 0 Å². The number of carbonyl (C=O) groups is 4. The van der Waals surface area contributed by atoms with E-state index in [2.05, 4.69) is 34.3 Å². The number of carboxylic acids is 2. The lowest BCUT2D eigenvalue weighted by molar-refractivity contribution is -0.205. The van der Waals surface area contributed by atoms with Crippen LogP contribution in [0.15, 0.2) is 24.3 Å². The predicted octanol–water partition coefficient (Wildman–Crippen LogP) is -3.46. The topological polar surface area (TPSA) is 313 Å². The second kappa shape index (κ2) is 21.3. The first-order valence-corrected chi connectivity index (χ1v) is 19.3. The van der Waals surface area contributed by atoms with Crippen molar-refractivity contribution in [1.29, 1.82) is 0 Å². The van der Waals surface area contributed by atoms with E-state index in [1.54, 1.807) is 0 Å². The number of carboxylic acid groups (broad SMARTS) is 2. The van der Waals surface area contributed by atoms with Gasteiger partial charge in [-0.3, -0.25) is 9.59 Å². The average molecular weight is 829 g/mol. The van der Waals surface area contributed by atoms with Crippen LogP contribution in [0.25, 0.3) is 0 Å². The molecule has 12 atom stereocenters. The zero-order valence-electron chi connectivity index (χ0n) is 30.5. The van der Waals surface area contributed by atoms with Gasteiger partial charge in [-0.15, -0.1) is 23.5 Å². The summed E-state index contributed by atoms with van der Waals surface area (Å²) in [4.78, 5) is 43.9. The Kier molecular flexibility index (Phi) is 17.9. The van der Waals surface area contributed by atoms with E-state index >= 15 is 0 Å². The second-order valence-electron chi connectivity index (χ2n) is 13.2. The number of hydrogen-bond acceptors (Lipinski definition) is 16. The van der Waals surface area contributed by atoms with Gasteiger partial charge in [0, 0.05) is 39.5 Å². The van der Waals surface area contributed by atoms with E-state index in [1.807, 2.05) is 24.3 Å². The van der Waals surface area contributed by atoms with E-state index in [9.17, 15) is 70.2 Å². The molecule has 0 radical (unpaired) electrons. The lowest BCUT2D eigenvalue weighted by Crippen LogP contribution is -2.66.